The fourth-order valence-electron chi connectivity index (χ4n) is 2.32. The van der Waals surface area contributed by atoms with Crippen LogP contribution >= 0.6 is 0 Å². The molecule has 0 unspecified atom stereocenters. The molecule has 2 heterocycles. The van der Waals surface area contributed by atoms with Crippen molar-refractivity contribution in [3.05, 3.63) is 65.5 Å². The lowest BCUT2D eigenvalue weighted by Gasteiger charge is -2.06. The number of carbonyl (C=O) groups excluding carboxylic acids is 1. The number of nitrogens with zero attached hydrogens (tertiary/aromatic N) is 4. The summed E-state index contributed by atoms with van der Waals surface area (Å²) in [7, 11) is 0. The van der Waals surface area contributed by atoms with E-state index in [-0.39, 0.29) is 18.1 Å². The first-order chi connectivity index (χ1) is 11.5. The maximum absolute atomic E-state index is 12.9. The van der Waals surface area contributed by atoms with Crippen molar-refractivity contribution in [2.24, 2.45) is 0 Å². The van der Waals surface area contributed by atoms with Gasteiger partial charge >= 0.3 is 0 Å². The molecular weight excluding hydrogens is 309 g/mol. The van der Waals surface area contributed by atoms with Gasteiger partial charge in [-0.1, -0.05) is 12.1 Å². The zero-order valence-electron chi connectivity index (χ0n) is 13.3. The molecule has 0 aliphatic heterocycles. The van der Waals surface area contributed by atoms with E-state index >= 15 is 0 Å². The highest BCUT2D eigenvalue weighted by atomic mass is 19.1. The van der Waals surface area contributed by atoms with Gasteiger partial charge in [0, 0.05) is 5.69 Å². The molecule has 6 nitrogen and oxygen atoms in total. The molecule has 0 saturated heterocycles. The molecule has 0 aliphatic rings. The summed E-state index contributed by atoms with van der Waals surface area (Å²) in [6.45, 7) is 3.81. The van der Waals surface area contributed by atoms with Gasteiger partial charge in [-0.15, -0.1) is 0 Å². The highest BCUT2D eigenvalue weighted by Gasteiger charge is 2.08. The van der Waals surface area contributed by atoms with Crippen molar-refractivity contribution in [2.45, 2.75) is 20.3 Å². The molecule has 122 valence electrons. The van der Waals surface area contributed by atoms with Gasteiger partial charge in [-0.2, -0.15) is 5.10 Å². The summed E-state index contributed by atoms with van der Waals surface area (Å²) in [5.74, 6) is -0.103. The third-order valence-electron chi connectivity index (χ3n) is 3.40. The summed E-state index contributed by atoms with van der Waals surface area (Å²) in [6, 6.07) is 7.75. The van der Waals surface area contributed by atoms with Crippen LogP contribution in [0.4, 0.5) is 10.1 Å². The predicted octanol–water partition coefficient (Wildman–Crippen LogP) is 2.60. The second-order valence-electron chi connectivity index (χ2n) is 5.46. The van der Waals surface area contributed by atoms with Crippen LogP contribution < -0.4 is 5.32 Å². The van der Waals surface area contributed by atoms with E-state index in [2.05, 4.69) is 20.4 Å². The van der Waals surface area contributed by atoms with Gasteiger partial charge in [0.1, 0.15) is 5.82 Å². The Balaban J connectivity index is 1.66. The van der Waals surface area contributed by atoms with Gasteiger partial charge < -0.3 is 5.32 Å². The van der Waals surface area contributed by atoms with E-state index in [9.17, 15) is 9.18 Å². The van der Waals surface area contributed by atoms with Gasteiger partial charge in [-0.3, -0.25) is 4.79 Å². The van der Waals surface area contributed by atoms with Crippen molar-refractivity contribution in [1.29, 1.82) is 0 Å². The SMILES string of the molecule is Cc1cc(C)n(-c2ncc(NC(=O)Cc3ccc(F)cc3)cn2)n1. The summed E-state index contributed by atoms with van der Waals surface area (Å²) in [5.41, 5.74) is 3.04. The van der Waals surface area contributed by atoms with E-state index in [0.29, 0.717) is 11.6 Å². The van der Waals surface area contributed by atoms with Crippen molar-refractivity contribution in [2.75, 3.05) is 5.32 Å². The van der Waals surface area contributed by atoms with E-state index in [1.807, 2.05) is 19.9 Å². The number of nitrogens with one attached hydrogen (secondary N) is 1. The van der Waals surface area contributed by atoms with Crippen LogP contribution in [0.2, 0.25) is 0 Å². The van der Waals surface area contributed by atoms with Gasteiger partial charge in [-0.05, 0) is 37.6 Å². The monoisotopic (exact) mass is 325 g/mol. The van der Waals surface area contributed by atoms with Gasteiger partial charge in [0.15, 0.2) is 0 Å². The molecule has 0 bridgehead atoms. The lowest BCUT2D eigenvalue weighted by Crippen LogP contribution is -2.15. The topological polar surface area (TPSA) is 72.7 Å². The first-order valence-electron chi connectivity index (χ1n) is 7.41. The summed E-state index contributed by atoms with van der Waals surface area (Å²) in [6.07, 6.45) is 3.21. The molecule has 0 saturated carbocycles. The zero-order chi connectivity index (χ0) is 17.1. The molecule has 1 amide bonds. The third-order valence-corrected chi connectivity index (χ3v) is 3.40. The Hall–Kier alpha value is -3.09. The maximum atomic E-state index is 12.9. The molecule has 0 aliphatic carbocycles. The molecule has 3 aromatic rings. The number of carbonyl (C=O) groups is 1. The number of hydrogen-bond acceptors (Lipinski definition) is 4. The summed E-state index contributed by atoms with van der Waals surface area (Å²) in [4.78, 5) is 20.4. The largest absolute Gasteiger partial charge is 0.323 e. The van der Waals surface area contributed by atoms with E-state index in [0.717, 1.165) is 17.0 Å². The molecular formula is C17H16FN5O. The second-order valence-corrected chi connectivity index (χ2v) is 5.46. The molecule has 1 aromatic carbocycles. The van der Waals surface area contributed by atoms with Crippen LogP contribution in [0.15, 0.2) is 42.7 Å². The smallest absolute Gasteiger partial charge is 0.250 e. The minimum atomic E-state index is -0.327. The number of aromatic nitrogens is 4. The van der Waals surface area contributed by atoms with Crippen LogP contribution in [0, 0.1) is 19.7 Å². The van der Waals surface area contributed by atoms with Gasteiger partial charge in [0.25, 0.3) is 5.95 Å². The standard InChI is InChI=1S/C17H16FN5O/c1-11-7-12(2)23(22-11)17-19-9-15(10-20-17)21-16(24)8-13-3-5-14(18)6-4-13/h3-7,9-10H,8H2,1-2H3,(H,21,24). The highest BCUT2D eigenvalue weighted by Crippen LogP contribution is 2.10. The van der Waals surface area contributed by atoms with E-state index in [1.54, 1.807) is 16.8 Å². The van der Waals surface area contributed by atoms with Gasteiger partial charge in [0.05, 0.1) is 30.2 Å². The Morgan fingerprint density at radius 3 is 2.42 bits per heavy atom. The minimum absolute atomic E-state index is 0.152. The number of hydrogen-bond donors (Lipinski definition) is 1. The Labute approximate surface area is 138 Å². The van der Waals surface area contributed by atoms with Crippen molar-refractivity contribution >= 4 is 11.6 Å². The van der Waals surface area contributed by atoms with Crippen molar-refractivity contribution in [1.82, 2.24) is 19.7 Å². The number of halogens is 1. The summed E-state index contributed by atoms with van der Waals surface area (Å²) in [5, 5.41) is 7.02. The molecule has 1 N–H and O–H groups in total. The Kier molecular flexibility index (Phi) is 4.33. The van der Waals surface area contributed by atoms with Crippen molar-refractivity contribution in [3.8, 4) is 5.95 Å². The molecule has 0 radical (unpaired) electrons. The quantitative estimate of drug-likeness (QED) is 0.800. The molecule has 3 rings (SSSR count). The van der Waals surface area contributed by atoms with Gasteiger partial charge in [0.2, 0.25) is 5.91 Å². The lowest BCUT2D eigenvalue weighted by molar-refractivity contribution is -0.115. The van der Waals surface area contributed by atoms with Crippen molar-refractivity contribution in [3.63, 3.8) is 0 Å². The first-order valence-corrected chi connectivity index (χ1v) is 7.41. The number of rotatable bonds is 4. The van der Waals surface area contributed by atoms with Crippen LogP contribution in [0.25, 0.3) is 5.95 Å². The fourth-order valence-corrected chi connectivity index (χ4v) is 2.32. The third kappa shape index (κ3) is 3.62. The van der Waals surface area contributed by atoms with Crippen LogP contribution in [0.1, 0.15) is 17.0 Å². The second kappa shape index (κ2) is 6.57. The van der Waals surface area contributed by atoms with E-state index in [4.69, 9.17) is 0 Å². The molecule has 0 spiro atoms. The minimum Gasteiger partial charge on any atom is -0.323 e. The summed E-state index contributed by atoms with van der Waals surface area (Å²) < 4.78 is 14.5. The normalized spacial score (nSPS) is 10.6. The van der Waals surface area contributed by atoms with Crippen LogP contribution in [-0.4, -0.2) is 25.7 Å². The first kappa shape index (κ1) is 15.8. The van der Waals surface area contributed by atoms with Gasteiger partial charge in [-0.25, -0.2) is 19.0 Å². The number of amides is 1. The molecule has 0 atom stereocenters. The lowest BCUT2D eigenvalue weighted by atomic mass is 10.1. The Bertz CT molecular complexity index is 856. The number of aryl methyl sites for hydroxylation is 2. The average Bonchev–Trinajstić information content (AvgIpc) is 2.89. The van der Waals surface area contributed by atoms with Crippen LogP contribution in [0.5, 0.6) is 0 Å². The fraction of sp³-hybridized carbons (Fsp3) is 0.176. The summed E-state index contributed by atoms with van der Waals surface area (Å²) >= 11 is 0. The zero-order valence-corrected chi connectivity index (χ0v) is 13.3. The average molecular weight is 325 g/mol. The van der Waals surface area contributed by atoms with Crippen LogP contribution in [0.3, 0.4) is 0 Å². The number of benzene rings is 1. The molecule has 0 fully saturated rings. The number of anilines is 1. The maximum Gasteiger partial charge on any atom is 0.250 e. The molecule has 7 heteroatoms. The van der Waals surface area contributed by atoms with E-state index < -0.39 is 0 Å². The predicted molar refractivity (Wildman–Crippen MR) is 87.4 cm³/mol. The van der Waals surface area contributed by atoms with Crippen LogP contribution in [-0.2, 0) is 11.2 Å². The molecule has 24 heavy (non-hydrogen) atoms. The van der Waals surface area contributed by atoms with E-state index in [1.165, 1.54) is 24.5 Å². The highest BCUT2D eigenvalue weighted by molar-refractivity contribution is 5.91. The molecule has 2 aromatic heterocycles. The Morgan fingerprint density at radius 2 is 1.83 bits per heavy atom. The van der Waals surface area contributed by atoms with Crippen molar-refractivity contribution < 1.29 is 9.18 Å². The Morgan fingerprint density at radius 1 is 1.17 bits per heavy atom.